The van der Waals surface area contributed by atoms with Crippen molar-refractivity contribution in [2.24, 2.45) is 0 Å². The molecular formula is C19H20ClFN2O3S. The average molecular weight is 411 g/mol. The van der Waals surface area contributed by atoms with Crippen molar-refractivity contribution in [1.29, 1.82) is 0 Å². The Bertz CT molecular complexity index is 973. The van der Waals surface area contributed by atoms with Gasteiger partial charge in [-0.15, -0.1) is 0 Å². The molecule has 144 valence electrons. The predicted octanol–water partition coefficient (Wildman–Crippen LogP) is 4.21. The molecule has 3 rings (SSSR count). The molecule has 1 saturated heterocycles. The molecule has 5 nitrogen and oxygen atoms in total. The van der Waals surface area contributed by atoms with Crippen LogP contribution in [0.2, 0.25) is 5.02 Å². The first-order valence-electron chi connectivity index (χ1n) is 8.67. The molecule has 1 N–H and O–H groups in total. The van der Waals surface area contributed by atoms with Crippen LogP contribution in [0, 0.1) is 12.7 Å². The van der Waals surface area contributed by atoms with Crippen LogP contribution < -0.4 is 5.32 Å². The fraction of sp³-hybridized carbons (Fsp3) is 0.316. The van der Waals surface area contributed by atoms with Gasteiger partial charge in [0.05, 0.1) is 15.6 Å². The summed E-state index contributed by atoms with van der Waals surface area (Å²) in [6.07, 6.45) is 2.66. The van der Waals surface area contributed by atoms with Crippen LogP contribution in [0.5, 0.6) is 0 Å². The first-order valence-corrected chi connectivity index (χ1v) is 10.5. The number of hydrogen-bond acceptors (Lipinski definition) is 3. The molecule has 2 aromatic carbocycles. The second-order valence-corrected chi connectivity index (χ2v) is 8.84. The van der Waals surface area contributed by atoms with Crippen molar-refractivity contribution in [2.75, 3.05) is 18.4 Å². The number of benzene rings is 2. The molecule has 0 aromatic heterocycles. The third-order valence-electron chi connectivity index (χ3n) is 4.61. The molecule has 0 aliphatic carbocycles. The highest BCUT2D eigenvalue weighted by Crippen LogP contribution is 2.25. The zero-order valence-electron chi connectivity index (χ0n) is 14.8. The maximum absolute atomic E-state index is 14.0. The smallest absolute Gasteiger partial charge is 0.256 e. The largest absolute Gasteiger partial charge is 0.319 e. The van der Waals surface area contributed by atoms with Crippen molar-refractivity contribution in [1.82, 2.24) is 4.31 Å². The van der Waals surface area contributed by atoms with Crippen LogP contribution in [-0.4, -0.2) is 31.7 Å². The van der Waals surface area contributed by atoms with Gasteiger partial charge in [0, 0.05) is 18.7 Å². The average Bonchev–Trinajstić information content (AvgIpc) is 2.66. The number of sulfonamides is 1. The lowest BCUT2D eigenvalue weighted by Gasteiger charge is -2.26. The van der Waals surface area contributed by atoms with E-state index in [1.165, 1.54) is 34.6 Å². The van der Waals surface area contributed by atoms with Gasteiger partial charge in [-0.2, -0.15) is 4.31 Å². The molecule has 0 radical (unpaired) electrons. The van der Waals surface area contributed by atoms with Crippen LogP contribution in [0.25, 0.3) is 0 Å². The SMILES string of the molecule is Cc1ccc(S(=O)(=O)N2CCCCC2)cc1C(=O)Nc1cccc(Cl)c1F. The van der Waals surface area contributed by atoms with E-state index >= 15 is 0 Å². The molecule has 27 heavy (non-hydrogen) atoms. The van der Waals surface area contributed by atoms with Crippen LogP contribution in [0.15, 0.2) is 41.3 Å². The van der Waals surface area contributed by atoms with Gasteiger partial charge in [-0.3, -0.25) is 4.79 Å². The number of anilines is 1. The third kappa shape index (κ3) is 4.15. The van der Waals surface area contributed by atoms with Gasteiger partial charge in [-0.05, 0) is 49.6 Å². The Morgan fingerprint density at radius 1 is 1.15 bits per heavy atom. The third-order valence-corrected chi connectivity index (χ3v) is 6.79. The molecule has 2 aromatic rings. The summed E-state index contributed by atoms with van der Waals surface area (Å²) in [5, 5.41) is 2.35. The van der Waals surface area contributed by atoms with E-state index in [0.717, 1.165) is 19.3 Å². The summed E-state index contributed by atoms with van der Waals surface area (Å²) in [6, 6.07) is 8.71. The van der Waals surface area contributed by atoms with E-state index in [1.54, 1.807) is 13.0 Å². The number of piperidine rings is 1. The minimum absolute atomic E-state index is 0.0591. The molecule has 0 bridgehead atoms. The fourth-order valence-electron chi connectivity index (χ4n) is 3.05. The van der Waals surface area contributed by atoms with Gasteiger partial charge in [0.2, 0.25) is 10.0 Å². The van der Waals surface area contributed by atoms with Crippen LogP contribution in [-0.2, 0) is 10.0 Å². The minimum Gasteiger partial charge on any atom is -0.319 e. The van der Waals surface area contributed by atoms with Gasteiger partial charge >= 0.3 is 0 Å². The Morgan fingerprint density at radius 2 is 1.85 bits per heavy atom. The van der Waals surface area contributed by atoms with E-state index < -0.39 is 21.7 Å². The summed E-state index contributed by atoms with van der Waals surface area (Å²) < 4.78 is 41.2. The standard InChI is InChI=1S/C19H20ClFN2O3S/c1-13-8-9-14(27(25,26)23-10-3-2-4-11-23)12-15(13)19(24)22-17-7-5-6-16(20)18(17)21/h5-9,12H,2-4,10-11H2,1H3,(H,22,24). The number of aryl methyl sites for hydroxylation is 1. The van der Waals surface area contributed by atoms with Crippen LogP contribution in [0.3, 0.4) is 0 Å². The molecule has 0 saturated carbocycles. The number of halogens is 2. The van der Waals surface area contributed by atoms with Crippen LogP contribution >= 0.6 is 11.6 Å². The van der Waals surface area contributed by atoms with Crippen molar-refractivity contribution >= 4 is 33.2 Å². The monoisotopic (exact) mass is 410 g/mol. The molecule has 1 fully saturated rings. The van der Waals surface area contributed by atoms with Crippen molar-refractivity contribution in [3.8, 4) is 0 Å². The number of carbonyl (C=O) groups excluding carboxylic acids is 1. The Kier molecular flexibility index (Phi) is 5.83. The summed E-state index contributed by atoms with van der Waals surface area (Å²) in [4.78, 5) is 12.7. The summed E-state index contributed by atoms with van der Waals surface area (Å²) in [5.74, 6) is -1.33. The maximum atomic E-state index is 14.0. The molecule has 1 aliphatic rings. The highest BCUT2D eigenvalue weighted by molar-refractivity contribution is 7.89. The van der Waals surface area contributed by atoms with E-state index in [-0.39, 0.29) is 21.2 Å². The Morgan fingerprint density at radius 3 is 2.56 bits per heavy atom. The van der Waals surface area contributed by atoms with E-state index in [4.69, 9.17) is 11.6 Å². The van der Waals surface area contributed by atoms with Gasteiger partial charge in [0.25, 0.3) is 5.91 Å². The molecule has 0 unspecified atom stereocenters. The van der Waals surface area contributed by atoms with E-state index in [9.17, 15) is 17.6 Å². The van der Waals surface area contributed by atoms with Crippen molar-refractivity contribution in [2.45, 2.75) is 31.1 Å². The topological polar surface area (TPSA) is 66.5 Å². The Labute approximate surface area is 163 Å². The fourth-order valence-corrected chi connectivity index (χ4v) is 4.77. The van der Waals surface area contributed by atoms with Crippen molar-refractivity contribution in [3.05, 3.63) is 58.4 Å². The summed E-state index contributed by atoms with van der Waals surface area (Å²) in [6.45, 7) is 2.65. The first kappa shape index (κ1) is 19.8. The molecule has 8 heteroatoms. The lowest BCUT2D eigenvalue weighted by molar-refractivity contribution is 0.102. The first-order chi connectivity index (χ1) is 12.8. The van der Waals surface area contributed by atoms with Gasteiger partial charge in [0.1, 0.15) is 0 Å². The number of carbonyl (C=O) groups is 1. The van der Waals surface area contributed by atoms with E-state index in [1.807, 2.05) is 0 Å². The number of nitrogens with zero attached hydrogens (tertiary/aromatic N) is 1. The molecule has 1 aliphatic heterocycles. The highest BCUT2D eigenvalue weighted by Gasteiger charge is 2.27. The van der Waals surface area contributed by atoms with Gasteiger partial charge in [-0.25, -0.2) is 12.8 Å². The second kappa shape index (κ2) is 7.96. The molecule has 0 spiro atoms. The Balaban J connectivity index is 1.91. The summed E-state index contributed by atoms with van der Waals surface area (Å²) >= 11 is 5.73. The summed E-state index contributed by atoms with van der Waals surface area (Å²) in [7, 11) is -3.66. The summed E-state index contributed by atoms with van der Waals surface area (Å²) in [5.41, 5.74) is 0.705. The quantitative estimate of drug-likeness (QED) is 0.820. The highest BCUT2D eigenvalue weighted by atomic mass is 35.5. The number of amides is 1. The van der Waals surface area contributed by atoms with Crippen molar-refractivity contribution < 1.29 is 17.6 Å². The maximum Gasteiger partial charge on any atom is 0.256 e. The lowest BCUT2D eigenvalue weighted by atomic mass is 10.1. The second-order valence-electron chi connectivity index (χ2n) is 6.50. The van der Waals surface area contributed by atoms with E-state index in [0.29, 0.717) is 18.7 Å². The molecule has 0 atom stereocenters. The zero-order valence-corrected chi connectivity index (χ0v) is 16.4. The van der Waals surface area contributed by atoms with Gasteiger partial charge < -0.3 is 5.32 Å². The zero-order chi connectivity index (χ0) is 19.6. The Hall–Kier alpha value is -1.96. The number of nitrogens with one attached hydrogen (secondary N) is 1. The lowest BCUT2D eigenvalue weighted by Crippen LogP contribution is -2.35. The van der Waals surface area contributed by atoms with Gasteiger partial charge in [-0.1, -0.05) is 30.2 Å². The molecule has 1 amide bonds. The van der Waals surface area contributed by atoms with Crippen LogP contribution in [0.1, 0.15) is 35.2 Å². The number of hydrogen-bond donors (Lipinski definition) is 1. The van der Waals surface area contributed by atoms with Crippen molar-refractivity contribution in [3.63, 3.8) is 0 Å². The normalized spacial score (nSPS) is 15.5. The minimum atomic E-state index is -3.66. The predicted molar refractivity (Wildman–Crippen MR) is 103 cm³/mol. The van der Waals surface area contributed by atoms with Crippen LogP contribution in [0.4, 0.5) is 10.1 Å². The van der Waals surface area contributed by atoms with E-state index in [2.05, 4.69) is 5.32 Å². The molecular weight excluding hydrogens is 391 g/mol. The number of rotatable bonds is 4. The molecule has 1 heterocycles. The van der Waals surface area contributed by atoms with Gasteiger partial charge in [0.15, 0.2) is 5.82 Å².